The molecule has 0 spiro atoms. The Balaban J connectivity index is 2.63. The van der Waals surface area contributed by atoms with Crippen molar-refractivity contribution in [3.8, 4) is 0 Å². The molecule has 1 saturated carbocycles. The van der Waals surface area contributed by atoms with Gasteiger partial charge in [-0.05, 0) is 86.5 Å². The second-order valence-electron chi connectivity index (χ2n) is 11.4. The number of hydrogen-bond donors (Lipinski definition) is 2. The second-order valence-corrected chi connectivity index (χ2v) is 11.4. The first-order chi connectivity index (χ1) is 17.4. The summed E-state index contributed by atoms with van der Waals surface area (Å²) < 4.78 is 20.8. The first-order valence-electron chi connectivity index (χ1n) is 13.1. The Hall–Kier alpha value is -3.04. The molecule has 4 atom stereocenters. The zero-order valence-corrected chi connectivity index (χ0v) is 24.2. The monoisotopic (exact) mass is 538 g/mol. The fraction of sp³-hybridized carbons (Fsp3) is 0.714. The summed E-state index contributed by atoms with van der Waals surface area (Å²) in [5, 5.41) is 5.92. The van der Waals surface area contributed by atoms with Gasteiger partial charge in [-0.2, -0.15) is 0 Å². The molecule has 1 aliphatic carbocycles. The molecule has 2 amide bonds. The van der Waals surface area contributed by atoms with E-state index in [0.717, 1.165) is 25.7 Å². The van der Waals surface area contributed by atoms with Crippen LogP contribution in [0.2, 0.25) is 0 Å². The average molecular weight is 539 g/mol. The van der Waals surface area contributed by atoms with E-state index < -0.39 is 47.4 Å². The lowest BCUT2D eigenvalue weighted by atomic mass is 9.67. The minimum absolute atomic E-state index is 0.0596. The number of rotatable bonds is 12. The van der Waals surface area contributed by atoms with Gasteiger partial charge in [0.2, 0.25) is 0 Å². The van der Waals surface area contributed by atoms with Gasteiger partial charge in [0.05, 0.1) is 0 Å². The highest BCUT2D eigenvalue weighted by atomic mass is 16.6. The van der Waals surface area contributed by atoms with E-state index in [0.29, 0.717) is 0 Å². The summed E-state index contributed by atoms with van der Waals surface area (Å²) in [5.41, 5.74) is -0.581. The van der Waals surface area contributed by atoms with E-state index in [2.05, 4.69) is 23.8 Å². The van der Waals surface area contributed by atoms with Gasteiger partial charge in [-0.15, -0.1) is 0 Å². The average Bonchev–Trinajstić information content (AvgIpc) is 2.79. The largest absolute Gasteiger partial charge is 0.458 e. The van der Waals surface area contributed by atoms with Gasteiger partial charge in [-0.1, -0.05) is 19.6 Å². The molecule has 2 N–H and O–H groups in total. The topological polar surface area (TPSA) is 129 Å². The molecule has 0 heterocycles. The molecule has 0 aliphatic heterocycles. The predicted octanol–water partition coefficient (Wildman–Crippen LogP) is 4.82. The molecule has 1 rings (SSSR count). The van der Waals surface area contributed by atoms with Crippen molar-refractivity contribution in [1.82, 2.24) is 10.6 Å². The molecule has 10 heteroatoms. The van der Waals surface area contributed by atoms with Gasteiger partial charge in [0.25, 0.3) is 0 Å². The lowest BCUT2D eigenvalue weighted by Crippen LogP contribution is -2.55. The molecule has 1 aliphatic rings. The van der Waals surface area contributed by atoms with E-state index in [1.807, 2.05) is 27.7 Å². The zero-order valence-electron chi connectivity index (χ0n) is 24.2. The van der Waals surface area contributed by atoms with Crippen LogP contribution in [-0.2, 0) is 28.5 Å². The Labute approximate surface area is 226 Å². The van der Waals surface area contributed by atoms with Crippen LogP contribution in [0, 0.1) is 11.8 Å². The third-order valence-corrected chi connectivity index (χ3v) is 6.78. The summed E-state index contributed by atoms with van der Waals surface area (Å²) in [6.07, 6.45) is 1.15. The van der Waals surface area contributed by atoms with Gasteiger partial charge >= 0.3 is 24.1 Å². The Bertz CT molecular complexity index is 825. The van der Waals surface area contributed by atoms with Crippen LogP contribution in [0.1, 0.15) is 81.1 Å². The first kappa shape index (κ1) is 33.0. The number of ether oxygens (including phenoxy) is 4. The molecule has 0 aromatic rings. The Morgan fingerprint density at radius 2 is 1.11 bits per heavy atom. The first-order valence-corrected chi connectivity index (χ1v) is 13.1. The molecule has 0 radical (unpaired) electrons. The van der Waals surface area contributed by atoms with Crippen LogP contribution in [-0.4, -0.2) is 60.6 Å². The summed E-state index contributed by atoms with van der Waals surface area (Å²) in [6.45, 7) is 21.1. The van der Waals surface area contributed by atoms with Crippen molar-refractivity contribution in [3.63, 3.8) is 0 Å². The van der Waals surface area contributed by atoms with Crippen LogP contribution in [0.25, 0.3) is 0 Å². The number of nitrogens with one attached hydrogen (secondary N) is 2. The van der Waals surface area contributed by atoms with Crippen molar-refractivity contribution >= 4 is 24.1 Å². The smallest absolute Gasteiger partial charge is 0.407 e. The van der Waals surface area contributed by atoms with Gasteiger partial charge in [0, 0.05) is 22.2 Å². The maximum absolute atomic E-state index is 12.5. The van der Waals surface area contributed by atoms with Gasteiger partial charge in [0.15, 0.2) is 0 Å². The van der Waals surface area contributed by atoms with E-state index >= 15 is 0 Å². The number of amides is 2. The summed E-state index contributed by atoms with van der Waals surface area (Å²) in [7, 11) is 0. The molecule has 0 aromatic carbocycles. The third-order valence-electron chi connectivity index (χ3n) is 6.78. The molecular formula is C28H46N2O8. The SMILES string of the molecule is C=C(C)C(=O)OCC(C)OC(=O)NC(C)(C)C1CCCC(C(C)(C)NC(=O)OC(C)COC(=O)C(=C)C)C1. The number of carbonyl (C=O) groups is 4. The standard InChI is InChI=1S/C28H46N2O8/c1-17(2)23(31)35-15-19(5)37-25(33)29-27(7,8)21-12-11-13-22(14-21)28(9,10)30-26(34)38-20(6)16-36-24(32)18(3)4/h19-22H,1,3,11-16H2,2,4-10H3,(H,29,33)(H,30,34). The van der Waals surface area contributed by atoms with Crippen molar-refractivity contribution in [2.24, 2.45) is 11.8 Å². The van der Waals surface area contributed by atoms with Gasteiger partial charge in [-0.3, -0.25) is 0 Å². The molecule has 10 nitrogen and oxygen atoms in total. The van der Waals surface area contributed by atoms with Crippen LogP contribution in [0.3, 0.4) is 0 Å². The van der Waals surface area contributed by atoms with Crippen LogP contribution in [0.4, 0.5) is 9.59 Å². The highest BCUT2D eigenvalue weighted by Crippen LogP contribution is 2.40. The van der Waals surface area contributed by atoms with Crippen molar-refractivity contribution in [2.75, 3.05) is 13.2 Å². The van der Waals surface area contributed by atoms with Crippen LogP contribution < -0.4 is 10.6 Å². The van der Waals surface area contributed by atoms with Crippen molar-refractivity contribution < 1.29 is 38.1 Å². The molecular weight excluding hydrogens is 492 g/mol. The third kappa shape index (κ3) is 11.1. The van der Waals surface area contributed by atoms with Gasteiger partial charge < -0.3 is 29.6 Å². The van der Waals surface area contributed by atoms with E-state index in [-0.39, 0.29) is 36.2 Å². The lowest BCUT2D eigenvalue weighted by molar-refractivity contribution is -0.142. The number of esters is 2. The summed E-state index contributed by atoms with van der Waals surface area (Å²) >= 11 is 0. The highest BCUT2D eigenvalue weighted by Gasteiger charge is 2.41. The Kier molecular flexibility index (Phi) is 12.3. The van der Waals surface area contributed by atoms with Gasteiger partial charge in [0.1, 0.15) is 25.4 Å². The fourth-order valence-corrected chi connectivity index (χ4v) is 4.36. The molecule has 38 heavy (non-hydrogen) atoms. The molecule has 0 bridgehead atoms. The molecule has 216 valence electrons. The van der Waals surface area contributed by atoms with Crippen molar-refractivity contribution in [2.45, 2.75) is 104 Å². The molecule has 0 aromatic heterocycles. The maximum Gasteiger partial charge on any atom is 0.407 e. The molecule has 0 saturated heterocycles. The minimum Gasteiger partial charge on any atom is -0.458 e. The maximum atomic E-state index is 12.5. The second kappa shape index (κ2) is 14.2. The van der Waals surface area contributed by atoms with E-state index in [4.69, 9.17) is 18.9 Å². The zero-order chi connectivity index (χ0) is 29.3. The van der Waals surface area contributed by atoms with Crippen molar-refractivity contribution in [1.29, 1.82) is 0 Å². The summed E-state index contributed by atoms with van der Waals surface area (Å²) in [5.74, 6) is -0.781. The minimum atomic E-state index is -0.617. The summed E-state index contributed by atoms with van der Waals surface area (Å²) in [6, 6.07) is 0. The van der Waals surface area contributed by atoms with E-state index in [1.165, 1.54) is 0 Å². The van der Waals surface area contributed by atoms with Crippen LogP contribution >= 0.6 is 0 Å². The van der Waals surface area contributed by atoms with E-state index in [9.17, 15) is 19.2 Å². The molecule has 1 fully saturated rings. The Morgan fingerprint density at radius 1 is 0.763 bits per heavy atom. The molecule has 4 unspecified atom stereocenters. The fourth-order valence-electron chi connectivity index (χ4n) is 4.36. The van der Waals surface area contributed by atoms with E-state index in [1.54, 1.807) is 27.7 Å². The van der Waals surface area contributed by atoms with Crippen LogP contribution in [0.15, 0.2) is 24.3 Å². The van der Waals surface area contributed by atoms with Crippen molar-refractivity contribution in [3.05, 3.63) is 24.3 Å². The predicted molar refractivity (Wildman–Crippen MR) is 143 cm³/mol. The highest BCUT2D eigenvalue weighted by molar-refractivity contribution is 5.87. The number of alkyl carbamates (subject to hydrolysis) is 2. The Morgan fingerprint density at radius 3 is 1.42 bits per heavy atom. The normalized spacial score (nSPS) is 19.3. The lowest BCUT2D eigenvalue weighted by Gasteiger charge is -2.45. The van der Waals surface area contributed by atoms with Gasteiger partial charge in [-0.25, -0.2) is 19.2 Å². The quantitative estimate of drug-likeness (QED) is 0.206. The summed E-state index contributed by atoms with van der Waals surface area (Å²) in [4.78, 5) is 48.2. The number of hydrogen-bond acceptors (Lipinski definition) is 8. The van der Waals surface area contributed by atoms with Crippen LogP contribution in [0.5, 0.6) is 0 Å². The number of carbonyl (C=O) groups excluding carboxylic acids is 4.